The lowest BCUT2D eigenvalue weighted by atomic mass is 10.1. The summed E-state index contributed by atoms with van der Waals surface area (Å²) < 4.78 is 0. The van der Waals surface area contributed by atoms with Gasteiger partial charge in [-0.1, -0.05) is 18.2 Å². The number of benzene rings is 1. The van der Waals surface area contributed by atoms with Gasteiger partial charge in [0.2, 0.25) is 0 Å². The maximum Gasteiger partial charge on any atom is 0.261 e. The second-order valence-electron chi connectivity index (χ2n) is 4.98. The summed E-state index contributed by atoms with van der Waals surface area (Å²) in [5.74, 6) is -0.311. The van der Waals surface area contributed by atoms with Gasteiger partial charge in [-0.15, -0.1) is 11.3 Å². The van der Waals surface area contributed by atoms with Crippen LogP contribution in [0, 0.1) is 0 Å². The van der Waals surface area contributed by atoms with E-state index in [0.717, 1.165) is 0 Å². The van der Waals surface area contributed by atoms with Crippen molar-refractivity contribution in [2.24, 2.45) is 0 Å². The minimum absolute atomic E-state index is 0.0292. The lowest BCUT2D eigenvalue weighted by Crippen LogP contribution is -2.29. The van der Waals surface area contributed by atoms with E-state index in [0.29, 0.717) is 35.5 Å². The Morgan fingerprint density at radius 3 is 2.09 bits per heavy atom. The van der Waals surface area contributed by atoms with Gasteiger partial charge >= 0.3 is 0 Å². The number of rotatable bonds is 7. The molecule has 0 radical (unpaired) electrons. The first kappa shape index (κ1) is 16.9. The average Bonchev–Trinajstić information content (AvgIpc) is 3.08. The molecule has 5 nitrogen and oxygen atoms in total. The molecule has 1 heterocycles. The topological polar surface area (TPSA) is 75.3 Å². The molecule has 1 aromatic heterocycles. The maximum absolute atomic E-state index is 11.9. The smallest absolute Gasteiger partial charge is 0.261 e. The van der Waals surface area contributed by atoms with Crippen molar-refractivity contribution in [3.63, 3.8) is 0 Å². The molecule has 0 spiro atoms. The summed E-state index contributed by atoms with van der Waals surface area (Å²) in [4.78, 5) is 35.5. The third-order valence-electron chi connectivity index (χ3n) is 3.22. The zero-order valence-electron chi connectivity index (χ0n) is 12.8. The summed E-state index contributed by atoms with van der Waals surface area (Å²) in [5, 5.41) is 7.44. The summed E-state index contributed by atoms with van der Waals surface area (Å²) in [5.41, 5.74) is 1.09. The van der Waals surface area contributed by atoms with Crippen molar-refractivity contribution < 1.29 is 14.4 Å². The molecular formula is C17H18N2O3S. The van der Waals surface area contributed by atoms with E-state index in [1.54, 1.807) is 30.3 Å². The molecule has 23 heavy (non-hydrogen) atoms. The predicted molar refractivity (Wildman–Crippen MR) is 90.0 cm³/mol. The molecule has 0 saturated carbocycles. The Morgan fingerprint density at radius 2 is 1.52 bits per heavy atom. The summed E-state index contributed by atoms with van der Waals surface area (Å²) >= 11 is 1.39. The standard InChI is InChI=1S/C17H18N2O3S/c1-12(20)13-5-7-14(8-6-13)16(21)18-9-3-10-19-17(22)15-4-2-11-23-15/h2,4-8,11H,3,9-10H2,1H3,(H,18,21)(H,19,22). The van der Waals surface area contributed by atoms with Crippen LogP contribution >= 0.6 is 11.3 Å². The zero-order chi connectivity index (χ0) is 16.7. The fourth-order valence-corrected chi connectivity index (χ4v) is 2.59. The van der Waals surface area contributed by atoms with Crippen molar-refractivity contribution >= 4 is 28.9 Å². The van der Waals surface area contributed by atoms with Crippen molar-refractivity contribution in [1.82, 2.24) is 10.6 Å². The van der Waals surface area contributed by atoms with Crippen molar-refractivity contribution in [1.29, 1.82) is 0 Å². The quantitative estimate of drug-likeness (QED) is 0.605. The van der Waals surface area contributed by atoms with Gasteiger partial charge in [-0.3, -0.25) is 14.4 Å². The number of carbonyl (C=O) groups is 3. The van der Waals surface area contributed by atoms with E-state index < -0.39 is 0 Å². The molecule has 2 aromatic rings. The van der Waals surface area contributed by atoms with Gasteiger partial charge in [-0.25, -0.2) is 0 Å². The van der Waals surface area contributed by atoms with Crippen LogP contribution in [0.25, 0.3) is 0 Å². The van der Waals surface area contributed by atoms with Gasteiger partial charge in [0.05, 0.1) is 4.88 Å². The Kier molecular flexibility index (Phi) is 6.05. The van der Waals surface area contributed by atoms with Gasteiger partial charge in [0.25, 0.3) is 11.8 Å². The van der Waals surface area contributed by atoms with Crippen LogP contribution in [-0.4, -0.2) is 30.7 Å². The summed E-state index contributed by atoms with van der Waals surface area (Å²) in [6.45, 7) is 2.46. The third kappa shape index (κ3) is 5.03. The first-order chi connectivity index (χ1) is 11.1. The number of nitrogens with one attached hydrogen (secondary N) is 2. The van der Waals surface area contributed by atoms with Gasteiger partial charge in [0.15, 0.2) is 5.78 Å². The third-order valence-corrected chi connectivity index (χ3v) is 4.09. The van der Waals surface area contributed by atoms with Crippen LogP contribution in [0.5, 0.6) is 0 Å². The largest absolute Gasteiger partial charge is 0.352 e. The van der Waals surface area contributed by atoms with E-state index >= 15 is 0 Å². The lowest BCUT2D eigenvalue weighted by Gasteiger charge is -2.06. The second kappa shape index (κ2) is 8.24. The first-order valence-electron chi connectivity index (χ1n) is 7.29. The Morgan fingerprint density at radius 1 is 0.913 bits per heavy atom. The van der Waals surface area contributed by atoms with Gasteiger partial charge in [-0.05, 0) is 36.9 Å². The molecule has 2 amide bonds. The highest BCUT2D eigenvalue weighted by Gasteiger charge is 2.07. The minimum Gasteiger partial charge on any atom is -0.352 e. The molecule has 0 aliphatic heterocycles. The minimum atomic E-state index is -0.190. The molecule has 2 rings (SSSR count). The number of amides is 2. The van der Waals surface area contributed by atoms with Crippen LogP contribution in [-0.2, 0) is 0 Å². The highest BCUT2D eigenvalue weighted by molar-refractivity contribution is 7.12. The summed E-state index contributed by atoms with van der Waals surface area (Å²) in [7, 11) is 0. The molecule has 0 aliphatic carbocycles. The van der Waals surface area contributed by atoms with Crippen molar-refractivity contribution in [2.75, 3.05) is 13.1 Å². The summed E-state index contributed by atoms with van der Waals surface area (Å²) in [6.07, 6.45) is 0.647. The Bertz CT molecular complexity index is 678. The Labute approximate surface area is 138 Å². The van der Waals surface area contributed by atoms with Crippen LogP contribution < -0.4 is 10.6 Å². The second-order valence-corrected chi connectivity index (χ2v) is 5.92. The van der Waals surface area contributed by atoms with E-state index in [1.807, 2.05) is 11.4 Å². The van der Waals surface area contributed by atoms with E-state index in [4.69, 9.17) is 0 Å². The fraction of sp³-hybridized carbons (Fsp3) is 0.235. The molecule has 120 valence electrons. The normalized spacial score (nSPS) is 10.1. The molecule has 1 aromatic carbocycles. The van der Waals surface area contributed by atoms with Gasteiger partial charge in [0, 0.05) is 24.2 Å². The van der Waals surface area contributed by atoms with Crippen LogP contribution in [0.4, 0.5) is 0 Å². The molecule has 0 unspecified atom stereocenters. The number of carbonyl (C=O) groups excluding carboxylic acids is 3. The van der Waals surface area contributed by atoms with Crippen LogP contribution in [0.15, 0.2) is 41.8 Å². The van der Waals surface area contributed by atoms with Gasteiger partial charge in [-0.2, -0.15) is 0 Å². The van der Waals surface area contributed by atoms with Gasteiger partial charge in [0.1, 0.15) is 0 Å². The molecule has 6 heteroatoms. The molecule has 0 atom stereocenters. The van der Waals surface area contributed by atoms with E-state index in [9.17, 15) is 14.4 Å². The number of thiophene rings is 1. The number of ketones is 1. The lowest BCUT2D eigenvalue weighted by molar-refractivity contribution is 0.0949. The van der Waals surface area contributed by atoms with Crippen molar-refractivity contribution in [3.05, 3.63) is 57.8 Å². The van der Waals surface area contributed by atoms with Gasteiger partial charge < -0.3 is 10.6 Å². The predicted octanol–water partition coefficient (Wildman–Crippen LogP) is 2.50. The Balaban J connectivity index is 1.68. The number of hydrogen-bond acceptors (Lipinski definition) is 4. The highest BCUT2D eigenvalue weighted by Crippen LogP contribution is 2.07. The summed E-state index contributed by atoms with van der Waals surface area (Å²) in [6, 6.07) is 10.1. The fourth-order valence-electron chi connectivity index (χ4n) is 1.95. The first-order valence-corrected chi connectivity index (χ1v) is 8.17. The number of Topliss-reactive ketones (excluding diaryl/α,β-unsaturated/α-hetero) is 1. The molecule has 0 fully saturated rings. The van der Waals surface area contributed by atoms with Crippen LogP contribution in [0.3, 0.4) is 0 Å². The maximum atomic E-state index is 11.9. The zero-order valence-corrected chi connectivity index (χ0v) is 13.6. The monoisotopic (exact) mass is 330 g/mol. The molecular weight excluding hydrogens is 312 g/mol. The van der Waals surface area contributed by atoms with Crippen molar-refractivity contribution in [2.45, 2.75) is 13.3 Å². The number of hydrogen-bond donors (Lipinski definition) is 2. The average molecular weight is 330 g/mol. The Hall–Kier alpha value is -2.47. The molecule has 0 bridgehead atoms. The molecule has 0 aliphatic rings. The van der Waals surface area contributed by atoms with Crippen LogP contribution in [0.1, 0.15) is 43.7 Å². The molecule has 0 saturated heterocycles. The SMILES string of the molecule is CC(=O)c1ccc(C(=O)NCCCNC(=O)c2cccs2)cc1. The van der Waals surface area contributed by atoms with Crippen molar-refractivity contribution in [3.8, 4) is 0 Å². The van der Waals surface area contributed by atoms with Crippen LogP contribution in [0.2, 0.25) is 0 Å². The highest BCUT2D eigenvalue weighted by atomic mass is 32.1. The molecule has 2 N–H and O–H groups in total. The van der Waals surface area contributed by atoms with E-state index in [1.165, 1.54) is 18.3 Å². The van der Waals surface area contributed by atoms with E-state index in [2.05, 4.69) is 10.6 Å². The van der Waals surface area contributed by atoms with E-state index in [-0.39, 0.29) is 17.6 Å².